The van der Waals surface area contributed by atoms with E-state index in [1.807, 2.05) is 30.5 Å². The molecule has 5 rings (SSSR count). The van der Waals surface area contributed by atoms with Gasteiger partial charge in [-0.2, -0.15) is 14.9 Å². The van der Waals surface area contributed by atoms with Crippen LogP contribution in [0.1, 0.15) is 30.5 Å². The lowest BCUT2D eigenvalue weighted by atomic mass is 10.1. The lowest BCUT2D eigenvalue weighted by Crippen LogP contribution is -2.30. The Balaban J connectivity index is 0.000000967. The molecule has 1 aromatic carbocycles. The normalized spacial score (nSPS) is 12.7. The summed E-state index contributed by atoms with van der Waals surface area (Å²) in [6.07, 6.45) is 5.79. The van der Waals surface area contributed by atoms with Crippen molar-refractivity contribution in [1.29, 1.82) is 5.26 Å². The van der Waals surface area contributed by atoms with Gasteiger partial charge in [0.1, 0.15) is 11.5 Å². The van der Waals surface area contributed by atoms with Crippen molar-refractivity contribution in [2.24, 2.45) is 0 Å². The highest BCUT2D eigenvalue weighted by atomic mass is 16.2. The molecule has 0 saturated carbocycles. The second-order valence-corrected chi connectivity index (χ2v) is 8.11. The minimum absolute atomic E-state index is 0.135. The molecular formula is C25H23N9O2. The number of aromatic nitrogens is 6. The minimum atomic E-state index is 0.135. The molecule has 11 nitrogen and oxygen atoms in total. The number of nitrogens with two attached hydrogens (primary N) is 1. The summed E-state index contributed by atoms with van der Waals surface area (Å²) in [7, 11) is 0. The van der Waals surface area contributed by atoms with Crippen molar-refractivity contribution in [3.8, 4) is 28.7 Å². The van der Waals surface area contributed by atoms with Crippen LogP contribution in [-0.2, 0) is 16.1 Å². The van der Waals surface area contributed by atoms with Gasteiger partial charge in [0.15, 0.2) is 0 Å². The van der Waals surface area contributed by atoms with Gasteiger partial charge in [-0.3, -0.25) is 0 Å². The van der Waals surface area contributed by atoms with Gasteiger partial charge in [0.05, 0.1) is 41.5 Å². The molecule has 0 atom stereocenters. The third kappa shape index (κ3) is 5.94. The van der Waals surface area contributed by atoms with Gasteiger partial charge >= 0.3 is 6.15 Å². The predicted octanol–water partition coefficient (Wildman–Crippen LogP) is 2.71. The van der Waals surface area contributed by atoms with Crippen molar-refractivity contribution in [2.45, 2.75) is 25.8 Å². The molecule has 0 bridgehead atoms. The average Bonchev–Trinajstić information content (AvgIpc) is 3.38. The second kappa shape index (κ2) is 11.5. The van der Waals surface area contributed by atoms with E-state index in [9.17, 15) is 5.26 Å². The number of nitriles is 1. The molecule has 11 heteroatoms. The van der Waals surface area contributed by atoms with Gasteiger partial charge in [0.2, 0.25) is 5.95 Å². The molecule has 0 aliphatic carbocycles. The number of carbonyl (C=O) groups excluding carboxylic acids is 2. The van der Waals surface area contributed by atoms with Crippen molar-refractivity contribution < 1.29 is 9.59 Å². The molecule has 36 heavy (non-hydrogen) atoms. The van der Waals surface area contributed by atoms with Gasteiger partial charge < -0.3 is 10.6 Å². The summed E-state index contributed by atoms with van der Waals surface area (Å²) < 4.78 is 1.74. The first-order valence-corrected chi connectivity index (χ1v) is 11.4. The van der Waals surface area contributed by atoms with E-state index < -0.39 is 0 Å². The summed E-state index contributed by atoms with van der Waals surface area (Å²) in [5.74, 6) is 1.15. The SMILES string of the molecule is N#Cc1cccc(-c2cc(-c3cn(Cc4cccc(N5CCCCC5)n4)nn3)nc(N)n2)c1.O=C=O. The summed E-state index contributed by atoms with van der Waals surface area (Å²) >= 11 is 0. The molecular weight excluding hydrogens is 458 g/mol. The van der Waals surface area contributed by atoms with Gasteiger partial charge in [0, 0.05) is 18.7 Å². The maximum absolute atomic E-state index is 9.17. The molecule has 1 fully saturated rings. The number of piperidine rings is 1. The standard InChI is InChI=1S/C24H23N9.CO2/c25-14-17-6-4-7-18(12-17)20-13-21(29-24(26)28-20)22-16-33(31-30-22)15-19-8-5-9-23(27-19)32-10-2-1-3-11-32;2-1-3/h4-9,12-13,16H,1-3,10-11,15H2,(H2,26,28,29);. The fraction of sp³-hybridized carbons (Fsp3) is 0.240. The number of anilines is 2. The molecule has 1 saturated heterocycles. The minimum Gasteiger partial charge on any atom is -0.368 e. The van der Waals surface area contributed by atoms with E-state index in [0.717, 1.165) is 30.2 Å². The van der Waals surface area contributed by atoms with E-state index in [2.05, 4.69) is 37.3 Å². The van der Waals surface area contributed by atoms with Crippen molar-refractivity contribution in [2.75, 3.05) is 23.7 Å². The Hall–Kier alpha value is -4.94. The first kappa shape index (κ1) is 24.2. The Morgan fingerprint density at radius 1 is 0.917 bits per heavy atom. The topological polar surface area (TPSA) is 157 Å². The Labute approximate surface area is 207 Å². The van der Waals surface area contributed by atoms with Crippen LogP contribution in [0.2, 0.25) is 0 Å². The monoisotopic (exact) mass is 481 g/mol. The number of pyridine rings is 1. The maximum atomic E-state index is 9.17. The fourth-order valence-corrected chi connectivity index (χ4v) is 4.01. The van der Waals surface area contributed by atoms with Crippen LogP contribution < -0.4 is 10.6 Å². The van der Waals surface area contributed by atoms with E-state index in [0.29, 0.717) is 29.2 Å². The molecule has 1 aliphatic heterocycles. The summed E-state index contributed by atoms with van der Waals surface area (Å²) in [6.45, 7) is 2.61. The van der Waals surface area contributed by atoms with Crippen LogP contribution in [0.5, 0.6) is 0 Å². The van der Waals surface area contributed by atoms with Crippen LogP contribution in [0.3, 0.4) is 0 Å². The van der Waals surface area contributed by atoms with Gasteiger partial charge in [-0.1, -0.05) is 23.4 Å². The number of nitrogen functional groups attached to an aromatic ring is 1. The molecule has 4 aromatic rings. The molecule has 0 spiro atoms. The lowest BCUT2D eigenvalue weighted by Gasteiger charge is -2.27. The third-order valence-electron chi connectivity index (χ3n) is 5.63. The highest BCUT2D eigenvalue weighted by molar-refractivity contribution is 5.68. The van der Waals surface area contributed by atoms with Crippen LogP contribution in [0.25, 0.3) is 22.6 Å². The van der Waals surface area contributed by atoms with E-state index in [-0.39, 0.29) is 12.1 Å². The Morgan fingerprint density at radius 2 is 1.67 bits per heavy atom. The molecule has 2 N–H and O–H groups in total. The maximum Gasteiger partial charge on any atom is 0.373 e. The quantitative estimate of drug-likeness (QED) is 0.449. The number of nitrogens with zero attached hydrogens (tertiary/aromatic N) is 8. The van der Waals surface area contributed by atoms with E-state index >= 15 is 0 Å². The van der Waals surface area contributed by atoms with Gasteiger partial charge in [-0.15, -0.1) is 5.10 Å². The van der Waals surface area contributed by atoms with E-state index in [1.165, 1.54) is 19.3 Å². The lowest BCUT2D eigenvalue weighted by molar-refractivity contribution is -0.191. The van der Waals surface area contributed by atoms with Crippen molar-refractivity contribution in [3.63, 3.8) is 0 Å². The zero-order valence-corrected chi connectivity index (χ0v) is 19.4. The third-order valence-corrected chi connectivity index (χ3v) is 5.63. The van der Waals surface area contributed by atoms with Crippen molar-refractivity contribution in [1.82, 2.24) is 29.9 Å². The summed E-state index contributed by atoms with van der Waals surface area (Å²) in [4.78, 5) is 32.1. The van der Waals surface area contributed by atoms with E-state index in [1.54, 1.807) is 22.9 Å². The highest BCUT2D eigenvalue weighted by Gasteiger charge is 2.14. The number of hydrogen-bond acceptors (Lipinski definition) is 10. The van der Waals surface area contributed by atoms with Crippen LogP contribution in [0.4, 0.5) is 11.8 Å². The molecule has 1 aliphatic rings. The molecule has 180 valence electrons. The van der Waals surface area contributed by atoms with Crippen LogP contribution in [0.15, 0.2) is 54.7 Å². The van der Waals surface area contributed by atoms with Gasteiger partial charge in [-0.05, 0) is 49.6 Å². The largest absolute Gasteiger partial charge is 0.373 e. The van der Waals surface area contributed by atoms with Gasteiger partial charge in [-0.25, -0.2) is 19.6 Å². The van der Waals surface area contributed by atoms with E-state index in [4.69, 9.17) is 20.3 Å². The number of rotatable bonds is 5. The zero-order chi connectivity index (χ0) is 25.3. The van der Waals surface area contributed by atoms with Crippen LogP contribution >= 0.6 is 0 Å². The number of benzene rings is 1. The fourth-order valence-electron chi connectivity index (χ4n) is 4.01. The van der Waals surface area contributed by atoms with Crippen LogP contribution in [0, 0.1) is 11.3 Å². The van der Waals surface area contributed by atoms with Crippen LogP contribution in [-0.4, -0.2) is 49.2 Å². The Kier molecular flexibility index (Phi) is 7.70. The first-order valence-electron chi connectivity index (χ1n) is 11.4. The molecule has 0 unspecified atom stereocenters. The zero-order valence-electron chi connectivity index (χ0n) is 19.4. The van der Waals surface area contributed by atoms with Crippen molar-refractivity contribution >= 4 is 17.9 Å². The summed E-state index contributed by atoms with van der Waals surface area (Å²) in [6, 6.07) is 17.2. The molecule has 0 amide bonds. The highest BCUT2D eigenvalue weighted by Crippen LogP contribution is 2.24. The Bertz CT molecular complexity index is 1420. The van der Waals surface area contributed by atoms with Crippen molar-refractivity contribution in [3.05, 3.63) is 66.0 Å². The average molecular weight is 482 g/mol. The smallest absolute Gasteiger partial charge is 0.368 e. The van der Waals surface area contributed by atoms with Gasteiger partial charge in [0.25, 0.3) is 0 Å². The summed E-state index contributed by atoms with van der Waals surface area (Å²) in [5, 5.41) is 17.7. The molecule has 4 heterocycles. The first-order chi connectivity index (χ1) is 17.6. The predicted molar refractivity (Wildman–Crippen MR) is 130 cm³/mol. The molecule has 3 aromatic heterocycles. The Morgan fingerprint density at radius 3 is 2.44 bits per heavy atom. The number of hydrogen-bond donors (Lipinski definition) is 1. The second-order valence-electron chi connectivity index (χ2n) is 8.11. The molecule has 0 radical (unpaired) electrons. The summed E-state index contributed by atoms with van der Waals surface area (Å²) in [5.41, 5.74) is 10.0.